The summed E-state index contributed by atoms with van der Waals surface area (Å²) in [5.74, 6) is -0.361. The van der Waals surface area contributed by atoms with Gasteiger partial charge in [0.2, 0.25) is 21.8 Å². The van der Waals surface area contributed by atoms with Gasteiger partial charge in [0.05, 0.1) is 16.3 Å². The minimum absolute atomic E-state index is 0.114. The van der Waals surface area contributed by atoms with Crippen molar-refractivity contribution >= 4 is 33.2 Å². The summed E-state index contributed by atoms with van der Waals surface area (Å²) >= 11 is 0. The minimum Gasteiger partial charge on any atom is -0.358 e. The number of anilines is 2. The molecule has 0 aliphatic carbocycles. The van der Waals surface area contributed by atoms with Crippen molar-refractivity contribution < 1.29 is 18.0 Å². The molecule has 2 fully saturated rings. The quantitative estimate of drug-likeness (QED) is 0.623. The number of amides is 2. The summed E-state index contributed by atoms with van der Waals surface area (Å²) in [6.45, 7) is 5.23. The summed E-state index contributed by atoms with van der Waals surface area (Å²) in [5.41, 5.74) is 1.31. The van der Waals surface area contributed by atoms with Crippen LogP contribution < -0.4 is 15.1 Å². The normalized spacial score (nSPS) is 23.6. The van der Waals surface area contributed by atoms with Crippen LogP contribution in [0.5, 0.6) is 0 Å². The van der Waals surface area contributed by atoms with E-state index >= 15 is 0 Å². The summed E-state index contributed by atoms with van der Waals surface area (Å²) in [6, 6.07) is 5.12. The number of carbonyl (C=O) groups is 2. The molecule has 2 atom stereocenters. The van der Waals surface area contributed by atoms with E-state index in [-0.39, 0.29) is 29.3 Å². The lowest BCUT2D eigenvalue weighted by Gasteiger charge is -2.45. The third kappa shape index (κ3) is 4.94. The van der Waals surface area contributed by atoms with Crippen LogP contribution in [0.15, 0.2) is 23.1 Å². The molecule has 1 aromatic carbocycles. The molecule has 1 aromatic rings. The highest BCUT2D eigenvalue weighted by Crippen LogP contribution is 2.40. The van der Waals surface area contributed by atoms with Gasteiger partial charge in [0, 0.05) is 39.8 Å². The van der Waals surface area contributed by atoms with Crippen LogP contribution in [-0.2, 0) is 19.6 Å². The molecule has 4 rings (SSSR count). The van der Waals surface area contributed by atoms with Gasteiger partial charge < -0.3 is 10.2 Å². The van der Waals surface area contributed by atoms with Gasteiger partial charge in [0.25, 0.3) is 0 Å². The van der Waals surface area contributed by atoms with Crippen LogP contribution >= 0.6 is 0 Å². The second-order valence-corrected chi connectivity index (χ2v) is 11.9. The molecule has 3 aliphatic heterocycles. The maximum Gasteiger partial charge on any atom is 0.250 e. The number of hydrogen-bond donors (Lipinski definition) is 1. The van der Waals surface area contributed by atoms with Crippen molar-refractivity contribution in [3.63, 3.8) is 0 Å². The zero-order valence-corrected chi connectivity index (χ0v) is 21.3. The Labute approximate surface area is 203 Å². The fourth-order valence-electron chi connectivity index (χ4n) is 5.30. The van der Waals surface area contributed by atoms with Crippen molar-refractivity contribution in [1.29, 1.82) is 0 Å². The Balaban J connectivity index is 1.53. The van der Waals surface area contributed by atoms with Crippen molar-refractivity contribution in [2.75, 3.05) is 56.6 Å². The number of nitrogens with one attached hydrogen (secondary N) is 1. The third-order valence-electron chi connectivity index (χ3n) is 7.34. The highest BCUT2D eigenvalue weighted by molar-refractivity contribution is 7.89. The van der Waals surface area contributed by atoms with Gasteiger partial charge in [-0.1, -0.05) is 6.42 Å². The Kier molecular flexibility index (Phi) is 7.49. The Bertz CT molecular complexity index is 1030. The van der Waals surface area contributed by atoms with E-state index in [2.05, 4.69) is 22.0 Å². The van der Waals surface area contributed by atoms with Crippen molar-refractivity contribution in [3.05, 3.63) is 18.2 Å². The minimum atomic E-state index is -3.67. The van der Waals surface area contributed by atoms with Gasteiger partial charge in [-0.3, -0.25) is 19.4 Å². The number of piperidine rings is 2. The first-order chi connectivity index (χ1) is 16.2. The van der Waals surface area contributed by atoms with Crippen molar-refractivity contribution in [2.45, 2.75) is 62.4 Å². The number of sulfonamides is 1. The van der Waals surface area contributed by atoms with E-state index in [0.717, 1.165) is 48.9 Å². The largest absolute Gasteiger partial charge is 0.358 e. The van der Waals surface area contributed by atoms with E-state index < -0.39 is 10.0 Å². The van der Waals surface area contributed by atoms with Crippen molar-refractivity contribution in [2.24, 2.45) is 0 Å². The smallest absolute Gasteiger partial charge is 0.250 e. The van der Waals surface area contributed by atoms with Crippen LogP contribution in [0, 0.1) is 0 Å². The van der Waals surface area contributed by atoms with E-state index in [1.807, 2.05) is 0 Å². The number of rotatable bonds is 7. The summed E-state index contributed by atoms with van der Waals surface area (Å²) in [7, 11) is -0.708. The molecule has 1 N–H and O–H groups in total. The molecule has 0 aromatic heterocycles. The van der Waals surface area contributed by atoms with Crippen molar-refractivity contribution in [3.8, 4) is 0 Å². The monoisotopic (exact) mass is 491 g/mol. The average Bonchev–Trinajstić information content (AvgIpc) is 2.82. The van der Waals surface area contributed by atoms with Gasteiger partial charge in [-0.25, -0.2) is 12.7 Å². The SMILES string of the molecule is CC1CCCCN1CCNC(=O)CN1C(=O)C2CCCCN2c2ccc(S(=O)(=O)N(C)C)cc21. The van der Waals surface area contributed by atoms with Gasteiger partial charge in [0.15, 0.2) is 0 Å². The van der Waals surface area contributed by atoms with Gasteiger partial charge in [-0.05, 0) is 63.8 Å². The molecule has 2 unspecified atom stereocenters. The number of nitrogens with zero attached hydrogens (tertiary/aromatic N) is 4. The Hall–Kier alpha value is -2.17. The second kappa shape index (κ2) is 10.2. The maximum atomic E-state index is 13.5. The number of likely N-dealkylation sites (tertiary alicyclic amines) is 1. The zero-order chi connectivity index (χ0) is 24.5. The lowest BCUT2D eigenvalue weighted by molar-refractivity contribution is -0.125. The number of carbonyl (C=O) groups excluding carboxylic acids is 2. The van der Waals surface area contributed by atoms with E-state index in [1.165, 1.54) is 44.3 Å². The molecule has 0 spiro atoms. The van der Waals surface area contributed by atoms with Gasteiger partial charge >= 0.3 is 0 Å². The van der Waals surface area contributed by atoms with Crippen LogP contribution in [0.25, 0.3) is 0 Å². The fraction of sp³-hybridized carbons (Fsp3) is 0.667. The van der Waals surface area contributed by atoms with Crippen LogP contribution in [0.2, 0.25) is 0 Å². The van der Waals surface area contributed by atoms with E-state index in [0.29, 0.717) is 18.3 Å². The zero-order valence-electron chi connectivity index (χ0n) is 20.5. The Morgan fingerprint density at radius 3 is 2.56 bits per heavy atom. The molecule has 0 radical (unpaired) electrons. The Morgan fingerprint density at radius 2 is 1.82 bits per heavy atom. The number of fused-ring (bicyclic) bond motifs is 3. The van der Waals surface area contributed by atoms with E-state index in [1.54, 1.807) is 12.1 Å². The number of hydrogen-bond acceptors (Lipinski definition) is 6. The fourth-order valence-corrected chi connectivity index (χ4v) is 6.22. The molecule has 2 saturated heterocycles. The molecule has 9 nitrogen and oxygen atoms in total. The third-order valence-corrected chi connectivity index (χ3v) is 9.15. The van der Waals surface area contributed by atoms with Gasteiger partial charge in [0.1, 0.15) is 12.6 Å². The average molecular weight is 492 g/mol. The highest BCUT2D eigenvalue weighted by atomic mass is 32.2. The predicted octanol–water partition coefficient (Wildman–Crippen LogP) is 1.63. The van der Waals surface area contributed by atoms with Gasteiger partial charge in [-0.15, -0.1) is 0 Å². The first kappa shape index (κ1) is 24.9. The Morgan fingerprint density at radius 1 is 1.09 bits per heavy atom. The van der Waals surface area contributed by atoms with Crippen LogP contribution in [0.3, 0.4) is 0 Å². The molecular weight excluding hydrogens is 454 g/mol. The maximum absolute atomic E-state index is 13.5. The number of benzene rings is 1. The van der Waals surface area contributed by atoms with Crippen LogP contribution in [0.4, 0.5) is 11.4 Å². The lowest BCUT2D eigenvalue weighted by atomic mass is 9.96. The molecule has 3 aliphatic rings. The standard InChI is InChI=1S/C24H37N5O4S/c1-18-8-4-6-13-27(18)15-12-25-23(30)17-29-22-16-19(34(32,33)26(2)3)10-11-20(22)28-14-7-5-9-21(28)24(29)31/h10-11,16,18,21H,4-9,12-15,17H2,1-3H3,(H,25,30). The topological polar surface area (TPSA) is 93.3 Å². The molecule has 0 bridgehead atoms. The highest BCUT2D eigenvalue weighted by Gasteiger charge is 2.40. The van der Waals surface area contributed by atoms with Crippen LogP contribution in [-0.4, -0.2) is 88.3 Å². The molecule has 10 heteroatoms. The lowest BCUT2D eigenvalue weighted by Crippen LogP contribution is -2.57. The molecule has 2 amide bonds. The molecule has 0 saturated carbocycles. The molecule has 3 heterocycles. The molecule has 188 valence electrons. The van der Waals surface area contributed by atoms with Gasteiger partial charge in [-0.2, -0.15) is 0 Å². The summed E-state index contributed by atoms with van der Waals surface area (Å²) < 4.78 is 26.7. The predicted molar refractivity (Wildman–Crippen MR) is 133 cm³/mol. The molecular formula is C24H37N5O4S. The van der Waals surface area contributed by atoms with Crippen molar-refractivity contribution in [1.82, 2.24) is 14.5 Å². The van der Waals surface area contributed by atoms with Crippen LogP contribution in [0.1, 0.15) is 45.4 Å². The van der Waals surface area contributed by atoms with E-state index in [4.69, 9.17) is 0 Å². The summed E-state index contributed by atoms with van der Waals surface area (Å²) in [5, 5.41) is 2.97. The first-order valence-corrected chi connectivity index (χ1v) is 13.8. The summed E-state index contributed by atoms with van der Waals surface area (Å²) in [6.07, 6.45) is 6.31. The molecule has 34 heavy (non-hydrogen) atoms. The second-order valence-electron chi connectivity index (χ2n) is 9.80. The van der Waals surface area contributed by atoms with E-state index in [9.17, 15) is 18.0 Å². The summed E-state index contributed by atoms with van der Waals surface area (Å²) in [4.78, 5) is 32.4. The first-order valence-electron chi connectivity index (χ1n) is 12.4.